The van der Waals surface area contributed by atoms with E-state index in [1.807, 2.05) is 34.6 Å². The summed E-state index contributed by atoms with van der Waals surface area (Å²) in [6.07, 6.45) is 3.14. The van der Waals surface area contributed by atoms with Crippen molar-refractivity contribution in [2.45, 2.75) is 58.7 Å². The first-order valence-corrected chi connectivity index (χ1v) is 12.3. The second kappa shape index (κ2) is 8.97. The van der Waals surface area contributed by atoms with E-state index in [2.05, 4.69) is 14.9 Å². The number of ether oxygens (including phenoxy) is 1. The highest BCUT2D eigenvalue weighted by atomic mass is 19.1. The van der Waals surface area contributed by atoms with E-state index in [0.717, 1.165) is 6.07 Å². The first kappa shape index (κ1) is 24.9. The van der Waals surface area contributed by atoms with Gasteiger partial charge in [0.2, 0.25) is 5.91 Å². The number of rotatable bonds is 3. The number of β-lactam (4-membered cyclic amide) rings is 1. The summed E-state index contributed by atoms with van der Waals surface area (Å²) in [4.78, 5) is 39.7. The number of nitrogens with zero attached hydrogens (tertiary/aromatic N) is 6. The van der Waals surface area contributed by atoms with Gasteiger partial charge in [0.25, 0.3) is 0 Å². The molecule has 9 nitrogen and oxygen atoms in total. The SMILES string of the molecule is CC1CN(C(=O)OC(C)(C)C)[C@@H](C)CN1c1ncnc2c1c(N1CCC1=O)cn2-c1cc(F)cc(F)c1. The minimum Gasteiger partial charge on any atom is -0.444 e. The molecule has 2 fully saturated rings. The Balaban J connectivity index is 1.58. The number of halogens is 2. The van der Waals surface area contributed by atoms with Gasteiger partial charge in [-0.1, -0.05) is 0 Å². The zero-order valence-electron chi connectivity index (χ0n) is 21.5. The number of aromatic nitrogens is 3. The number of piperazine rings is 1. The largest absolute Gasteiger partial charge is 0.444 e. The smallest absolute Gasteiger partial charge is 0.410 e. The van der Waals surface area contributed by atoms with Gasteiger partial charge in [0.1, 0.15) is 29.4 Å². The first-order valence-electron chi connectivity index (χ1n) is 12.3. The van der Waals surface area contributed by atoms with Crippen LogP contribution in [0.25, 0.3) is 16.7 Å². The predicted octanol–water partition coefficient (Wildman–Crippen LogP) is 4.27. The third kappa shape index (κ3) is 4.58. The fourth-order valence-electron chi connectivity index (χ4n) is 4.89. The van der Waals surface area contributed by atoms with Crippen LogP contribution < -0.4 is 9.80 Å². The lowest BCUT2D eigenvalue weighted by Crippen LogP contribution is -2.59. The molecule has 5 rings (SSSR count). The minimum absolute atomic E-state index is 0.0459. The van der Waals surface area contributed by atoms with Gasteiger partial charge >= 0.3 is 6.09 Å². The molecule has 37 heavy (non-hydrogen) atoms. The summed E-state index contributed by atoms with van der Waals surface area (Å²) in [6.45, 7) is 10.9. The zero-order valence-corrected chi connectivity index (χ0v) is 21.5. The lowest BCUT2D eigenvalue weighted by molar-refractivity contribution is -0.122. The molecular weight excluding hydrogens is 482 g/mol. The Bertz CT molecular complexity index is 1360. The molecule has 2 aromatic heterocycles. The number of hydrogen-bond donors (Lipinski definition) is 0. The Kier molecular flexibility index (Phi) is 6.04. The van der Waals surface area contributed by atoms with Crippen LogP contribution in [0.15, 0.2) is 30.7 Å². The Morgan fingerprint density at radius 3 is 2.35 bits per heavy atom. The minimum atomic E-state index is -0.714. The molecule has 0 spiro atoms. The molecule has 0 radical (unpaired) electrons. The van der Waals surface area contributed by atoms with E-state index in [1.54, 1.807) is 20.6 Å². The Labute approximate surface area is 213 Å². The topological polar surface area (TPSA) is 83.8 Å². The highest BCUT2D eigenvalue weighted by molar-refractivity contribution is 6.10. The number of benzene rings is 1. The van der Waals surface area contributed by atoms with Crippen LogP contribution in [0.5, 0.6) is 0 Å². The van der Waals surface area contributed by atoms with Crippen molar-refractivity contribution in [3.05, 3.63) is 42.4 Å². The van der Waals surface area contributed by atoms with Crippen molar-refractivity contribution in [3.8, 4) is 5.69 Å². The van der Waals surface area contributed by atoms with E-state index in [0.29, 0.717) is 48.6 Å². The van der Waals surface area contributed by atoms with Crippen LogP contribution in [0, 0.1) is 11.6 Å². The first-order chi connectivity index (χ1) is 17.4. The van der Waals surface area contributed by atoms with Crippen molar-refractivity contribution in [1.82, 2.24) is 19.4 Å². The van der Waals surface area contributed by atoms with E-state index in [-0.39, 0.29) is 29.8 Å². The molecular formula is C26H30F2N6O3. The van der Waals surface area contributed by atoms with Gasteiger partial charge in [-0.2, -0.15) is 0 Å². The molecule has 2 saturated heterocycles. The zero-order chi connectivity index (χ0) is 26.6. The third-order valence-corrected chi connectivity index (χ3v) is 6.70. The number of fused-ring (bicyclic) bond motifs is 1. The molecule has 2 aliphatic rings. The van der Waals surface area contributed by atoms with Gasteiger partial charge in [0.05, 0.1) is 16.8 Å². The average molecular weight is 513 g/mol. The third-order valence-electron chi connectivity index (χ3n) is 6.70. The highest BCUT2D eigenvalue weighted by Gasteiger charge is 2.37. The maximum atomic E-state index is 14.1. The summed E-state index contributed by atoms with van der Waals surface area (Å²) in [5.74, 6) is -0.879. The van der Waals surface area contributed by atoms with Crippen molar-refractivity contribution in [2.75, 3.05) is 29.4 Å². The summed E-state index contributed by atoms with van der Waals surface area (Å²) in [6, 6.07) is 2.94. The van der Waals surface area contributed by atoms with E-state index in [4.69, 9.17) is 4.74 Å². The summed E-state index contributed by atoms with van der Waals surface area (Å²) in [5.41, 5.74) is 0.663. The molecule has 11 heteroatoms. The molecule has 2 atom stereocenters. The number of carbonyl (C=O) groups is 2. The van der Waals surface area contributed by atoms with Crippen molar-refractivity contribution in [3.63, 3.8) is 0 Å². The van der Waals surface area contributed by atoms with Gasteiger partial charge in [0, 0.05) is 50.4 Å². The van der Waals surface area contributed by atoms with Crippen LogP contribution in [0.1, 0.15) is 41.0 Å². The molecule has 4 heterocycles. The van der Waals surface area contributed by atoms with Crippen LogP contribution in [0.2, 0.25) is 0 Å². The molecule has 3 aromatic rings. The van der Waals surface area contributed by atoms with Gasteiger partial charge in [-0.05, 0) is 46.8 Å². The van der Waals surface area contributed by atoms with Gasteiger partial charge < -0.3 is 19.4 Å². The standard InChI is InChI=1S/C26H30F2N6O3/c1-15-12-33(25(36)37-26(3,4)5)16(2)11-32(15)23-22-20(31-7-6-21(31)35)13-34(24(22)30-14-29-23)19-9-17(27)8-18(28)10-19/h8-10,13-16H,6-7,11-12H2,1-5H3/t15?,16-/m0/s1. The monoisotopic (exact) mass is 512 g/mol. The number of anilines is 2. The highest BCUT2D eigenvalue weighted by Crippen LogP contribution is 2.39. The molecule has 2 amide bonds. The molecule has 1 aromatic carbocycles. The van der Waals surface area contributed by atoms with Gasteiger partial charge in [-0.3, -0.25) is 9.36 Å². The molecule has 0 N–H and O–H groups in total. The Hall–Kier alpha value is -3.76. The number of amides is 2. The van der Waals surface area contributed by atoms with Crippen molar-refractivity contribution < 1.29 is 23.1 Å². The van der Waals surface area contributed by atoms with E-state index in [9.17, 15) is 18.4 Å². The molecule has 196 valence electrons. The summed E-state index contributed by atoms with van der Waals surface area (Å²) < 4.78 is 35.4. The lowest BCUT2D eigenvalue weighted by Gasteiger charge is -2.45. The van der Waals surface area contributed by atoms with Crippen LogP contribution in [0.4, 0.5) is 25.1 Å². The molecule has 2 aliphatic heterocycles. The van der Waals surface area contributed by atoms with Crippen LogP contribution in [0.3, 0.4) is 0 Å². The summed E-state index contributed by atoms with van der Waals surface area (Å²) in [5, 5.41) is 0.616. The average Bonchev–Trinajstić information content (AvgIpc) is 3.17. The normalized spacial score (nSPS) is 20.4. The molecule has 0 saturated carbocycles. The maximum absolute atomic E-state index is 14.1. The van der Waals surface area contributed by atoms with E-state index < -0.39 is 17.2 Å². The Morgan fingerprint density at radius 1 is 1.05 bits per heavy atom. The predicted molar refractivity (Wildman–Crippen MR) is 135 cm³/mol. The second-order valence-corrected chi connectivity index (χ2v) is 10.7. The fraction of sp³-hybridized carbons (Fsp3) is 0.462. The van der Waals surface area contributed by atoms with Crippen molar-refractivity contribution in [2.24, 2.45) is 0 Å². The quantitative estimate of drug-likeness (QED) is 0.488. The van der Waals surface area contributed by atoms with Gasteiger partial charge in [-0.25, -0.2) is 23.5 Å². The van der Waals surface area contributed by atoms with Crippen molar-refractivity contribution in [1.29, 1.82) is 0 Å². The van der Waals surface area contributed by atoms with Gasteiger partial charge in [-0.15, -0.1) is 0 Å². The number of carbonyl (C=O) groups excluding carboxylic acids is 2. The Morgan fingerprint density at radius 2 is 1.76 bits per heavy atom. The van der Waals surface area contributed by atoms with Crippen LogP contribution in [-0.4, -0.2) is 68.8 Å². The summed E-state index contributed by atoms with van der Waals surface area (Å²) in [7, 11) is 0. The molecule has 1 unspecified atom stereocenters. The van der Waals surface area contributed by atoms with Crippen molar-refractivity contribution >= 4 is 34.5 Å². The van der Waals surface area contributed by atoms with E-state index in [1.165, 1.54) is 18.5 Å². The molecule has 0 bridgehead atoms. The maximum Gasteiger partial charge on any atom is 0.410 e. The second-order valence-electron chi connectivity index (χ2n) is 10.7. The van der Waals surface area contributed by atoms with Crippen LogP contribution in [-0.2, 0) is 9.53 Å². The fourth-order valence-corrected chi connectivity index (χ4v) is 4.89. The summed E-state index contributed by atoms with van der Waals surface area (Å²) >= 11 is 0. The molecule has 0 aliphatic carbocycles. The van der Waals surface area contributed by atoms with Crippen LogP contribution >= 0.6 is 0 Å². The van der Waals surface area contributed by atoms with E-state index >= 15 is 0 Å². The lowest BCUT2D eigenvalue weighted by atomic mass is 10.1. The van der Waals surface area contributed by atoms with Gasteiger partial charge in [0.15, 0.2) is 5.65 Å². The number of hydrogen-bond acceptors (Lipinski definition) is 6.